The quantitative estimate of drug-likeness (QED) is 0.929. The Balaban J connectivity index is 2.11. The summed E-state index contributed by atoms with van der Waals surface area (Å²) in [4.78, 5) is 28.1. The van der Waals surface area contributed by atoms with Crippen molar-refractivity contribution in [2.45, 2.75) is 26.3 Å². The first-order chi connectivity index (χ1) is 10.4. The highest BCUT2D eigenvalue weighted by Crippen LogP contribution is 2.25. The van der Waals surface area contributed by atoms with Gasteiger partial charge in [0.15, 0.2) is 0 Å². The molecule has 0 saturated heterocycles. The van der Waals surface area contributed by atoms with E-state index in [1.54, 1.807) is 12.1 Å². The second kappa shape index (κ2) is 6.94. The number of anilines is 1. The highest BCUT2D eigenvalue weighted by atomic mass is 35.5. The van der Waals surface area contributed by atoms with E-state index in [2.05, 4.69) is 10.3 Å². The summed E-state index contributed by atoms with van der Waals surface area (Å²) in [5.41, 5.74) is 0.870. The van der Waals surface area contributed by atoms with Gasteiger partial charge in [0.1, 0.15) is 6.54 Å². The third kappa shape index (κ3) is 4.08. The fourth-order valence-electron chi connectivity index (χ4n) is 1.81. The van der Waals surface area contributed by atoms with E-state index < -0.39 is 0 Å². The van der Waals surface area contributed by atoms with Crippen molar-refractivity contribution < 1.29 is 4.79 Å². The van der Waals surface area contributed by atoms with Crippen molar-refractivity contribution in [2.75, 3.05) is 5.32 Å². The molecule has 1 aromatic carbocycles. The number of benzene rings is 1. The standard InChI is InChI=1S/C15H15Cl2N3O2/c1-9(2)13-6-15(22)20(8-18-13)7-14(21)19-12-4-3-10(16)5-11(12)17/h3-6,8-9H,7H2,1-2H3,(H,19,21). The number of hydrogen-bond donors (Lipinski definition) is 1. The van der Waals surface area contributed by atoms with Gasteiger partial charge in [-0.2, -0.15) is 0 Å². The SMILES string of the molecule is CC(C)c1cc(=O)n(CC(=O)Nc2ccc(Cl)cc2Cl)cn1. The van der Waals surface area contributed by atoms with Gasteiger partial charge in [-0.3, -0.25) is 14.2 Å². The van der Waals surface area contributed by atoms with Crippen LogP contribution in [0.4, 0.5) is 5.69 Å². The summed E-state index contributed by atoms with van der Waals surface area (Å²) in [5.74, 6) is -0.213. The number of nitrogens with zero attached hydrogens (tertiary/aromatic N) is 2. The zero-order valence-corrected chi connectivity index (χ0v) is 13.6. The molecule has 0 unspecified atom stereocenters. The number of amides is 1. The predicted molar refractivity (Wildman–Crippen MR) is 87.7 cm³/mol. The van der Waals surface area contributed by atoms with E-state index in [-0.39, 0.29) is 23.9 Å². The normalized spacial score (nSPS) is 10.8. The van der Waals surface area contributed by atoms with Crippen molar-refractivity contribution in [3.8, 4) is 0 Å². The van der Waals surface area contributed by atoms with Crippen LogP contribution in [0.3, 0.4) is 0 Å². The van der Waals surface area contributed by atoms with Crippen LogP contribution in [-0.4, -0.2) is 15.5 Å². The summed E-state index contributed by atoms with van der Waals surface area (Å²) in [6, 6.07) is 6.19. The lowest BCUT2D eigenvalue weighted by molar-refractivity contribution is -0.116. The van der Waals surface area contributed by atoms with Crippen molar-refractivity contribution in [2.24, 2.45) is 0 Å². The summed E-state index contributed by atoms with van der Waals surface area (Å²) in [6.45, 7) is 3.76. The van der Waals surface area contributed by atoms with Crippen LogP contribution in [-0.2, 0) is 11.3 Å². The average molecular weight is 340 g/mol. The second-order valence-corrected chi connectivity index (χ2v) is 5.95. The first kappa shape index (κ1) is 16.5. The highest BCUT2D eigenvalue weighted by molar-refractivity contribution is 6.36. The van der Waals surface area contributed by atoms with Gasteiger partial charge >= 0.3 is 0 Å². The van der Waals surface area contributed by atoms with Crippen LogP contribution < -0.4 is 10.9 Å². The molecule has 0 radical (unpaired) electrons. The molecule has 2 rings (SSSR count). The first-order valence-electron chi connectivity index (χ1n) is 6.68. The Bertz CT molecular complexity index is 757. The number of carbonyl (C=O) groups is 1. The Labute approximate surface area is 137 Å². The van der Waals surface area contributed by atoms with Gasteiger partial charge < -0.3 is 5.32 Å². The Kier molecular flexibility index (Phi) is 5.21. The van der Waals surface area contributed by atoms with Crippen molar-refractivity contribution in [1.82, 2.24) is 9.55 Å². The molecule has 1 N–H and O–H groups in total. The second-order valence-electron chi connectivity index (χ2n) is 5.11. The molecule has 7 heteroatoms. The van der Waals surface area contributed by atoms with E-state index in [1.807, 2.05) is 13.8 Å². The minimum atomic E-state index is -0.370. The maximum absolute atomic E-state index is 12.0. The molecule has 0 aliphatic rings. The lowest BCUT2D eigenvalue weighted by Gasteiger charge is -2.10. The van der Waals surface area contributed by atoms with E-state index in [0.717, 1.165) is 0 Å². The fourth-order valence-corrected chi connectivity index (χ4v) is 2.27. The maximum Gasteiger partial charge on any atom is 0.254 e. The molecule has 0 atom stereocenters. The Morgan fingerprint density at radius 1 is 1.32 bits per heavy atom. The van der Waals surface area contributed by atoms with Crippen molar-refractivity contribution in [3.63, 3.8) is 0 Å². The van der Waals surface area contributed by atoms with Crippen LogP contribution in [0.5, 0.6) is 0 Å². The van der Waals surface area contributed by atoms with Crippen LogP contribution in [0, 0.1) is 0 Å². The molecule has 5 nitrogen and oxygen atoms in total. The van der Waals surface area contributed by atoms with Gasteiger partial charge in [0, 0.05) is 11.1 Å². The topological polar surface area (TPSA) is 64.0 Å². The Morgan fingerprint density at radius 2 is 2.05 bits per heavy atom. The molecule has 1 aromatic heterocycles. The summed E-state index contributed by atoms with van der Waals surface area (Å²) in [5, 5.41) is 3.45. The van der Waals surface area contributed by atoms with Crippen LogP contribution >= 0.6 is 23.2 Å². The highest BCUT2D eigenvalue weighted by Gasteiger charge is 2.10. The van der Waals surface area contributed by atoms with Crippen LogP contribution in [0.15, 0.2) is 35.4 Å². The third-order valence-electron chi connectivity index (χ3n) is 3.01. The molecule has 0 bridgehead atoms. The van der Waals surface area contributed by atoms with Gasteiger partial charge in [-0.15, -0.1) is 0 Å². The molecule has 116 valence electrons. The monoisotopic (exact) mass is 339 g/mol. The third-order valence-corrected chi connectivity index (χ3v) is 3.56. The zero-order valence-electron chi connectivity index (χ0n) is 12.1. The molecule has 0 spiro atoms. The molecule has 0 saturated carbocycles. The summed E-state index contributed by atoms with van der Waals surface area (Å²) >= 11 is 11.8. The molecule has 22 heavy (non-hydrogen) atoms. The van der Waals surface area contributed by atoms with Gasteiger partial charge in [-0.1, -0.05) is 37.0 Å². The molecule has 1 heterocycles. The van der Waals surface area contributed by atoms with E-state index in [0.29, 0.717) is 21.4 Å². The Hall–Kier alpha value is -1.85. The van der Waals surface area contributed by atoms with E-state index in [4.69, 9.17) is 23.2 Å². The predicted octanol–water partition coefficient (Wildman–Crippen LogP) is 3.31. The van der Waals surface area contributed by atoms with E-state index in [9.17, 15) is 9.59 Å². The van der Waals surface area contributed by atoms with Crippen molar-refractivity contribution in [3.05, 3.63) is 56.7 Å². The molecule has 2 aromatic rings. The van der Waals surface area contributed by atoms with E-state index in [1.165, 1.54) is 23.0 Å². The van der Waals surface area contributed by atoms with E-state index >= 15 is 0 Å². The van der Waals surface area contributed by atoms with Gasteiger partial charge in [-0.05, 0) is 24.1 Å². The smallest absolute Gasteiger partial charge is 0.254 e. The minimum Gasteiger partial charge on any atom is -0.323 e. The fraction of sp³-hybridized carbons (Fsp3) is 0.267. The van der Waals surface area contributed by atoms with Gasteiger partial charge in [0.05, 0.1) is 22.7 Å². The lowest BCUT2D eigenvalue weighted by atomic mass is 10.1. The number of hydrogen-bond acceptors (Lipinski definition) is 3. The molecular formula is C15H15Cl2N3O2. The molecule has 0 fully saturated rings. The number of carbonyl (C=O) groups excluding carboxylic acids is 1. The number of nitrogens with one attached hydrogen (secondary N) is 1. The van der Waals surface area contributed by atoms with Gasteiger partial charge in [0.2, 0.25) is 5.91 Å². The Morgan fingerprint density at radius 3 is 2.64 bits per heavy atom. The van der Waals surface area contributed by atoms with Crippen molar-refractivity contribution in [1.29, 1.82) is 0 Å². The van der Waals surface area contributed by atoms with Crippen LogP contribution in [0.25, 0.3) is 0 Å². The van der Waals surface area contributed by atoms with Crippen LogP contribution in [0.1, 0.15) is 25.5 Å². The number of halogens is 2. The number of rotatable bonds is 4. The molecule has 0 aliphatic carbocycles. The van der Waals surface area contributed by atoms with Gasteiger partial charge in [-0.25, -0.2) is 4.98 Å². The van der Waals surface area contributed by atoms with Crippen LogP contribution in [0.2, 0.25) is 10.0 Å². The lowest BCUT2D eigenvalue weighted by Crippen LogP contribution is -2.28. The average Bonchev–Trinajstić information content (AvgIpc) is 2.44. The summed E-state index contributed by atoms with van der Waals surface area (Å²) in [7, 11) is 0. The summed E-state index contributed by atoms with van der Waals surface area (Å²) in [6.07, 6.45) is 1.38. The zero-order chi connectivity index (χ0) is 16.3. The largest absolute Gasteiger partial charge is 0.323 e. The number of aromatic nitrogens is 2. The maximum atomic E-state index is 12.0. The molecular weight excluding hydrogens is 325 g/mol. The molecule has 0 aliphatic heterocycles. The molecule has 1 amide bonds. The summed E-state index contributed by atoms with van der Waals surface area (Å²) < 4.78 is 1.24. The van der Waals surface area contributed by atoms with Gasteiger partial charge in [0.25, 0.3) is 5.56 Å². The minimum absolute atomic E-state index is 0.136. The first-order valence-corrected chi connectivity index (χ1v) is 7.43. The van der Waals surface area contributed by atoms with Crippen molar-refractivity contribution >= 4 is 34.8 Å².